The Morgan fingerprint density at radius 2 is 1.72 bits per heavy atom. The van der Waals surface area contributed by atoms with Gasteiger partial charge in [-0.05, 0) is 75.3 Å². The number of carbonyl (C=O) groups excluding carboxylic acids is 1. The molecule has 2 aromatic rings. The van der Waals surface area contributed by atoms with Gasteiger partial charge < -0.3 is 21.7 Å². The zero-order valence-corrected chi connectivity index (χ0v) is 17.2. The second-order valence-corrected chi connectivity index (χ2v) is 7.83. The first-order chi connectivity index (χ1) is 13.9. The van der Waals surface area contributed by atoms with Crippen molar-refractivity contribution >= 4 is 34.5 Å². The Kier molecular flexibility index (Phi) is 6.39. The molecule has 0 aromatic heterocycles. The Hall–Kier alpha value is -3.05. The van der Waals surface area contributed by atoms with Crippen LogP contribution in [0.4, 0.5) is 11.4 Å². The van der Waals surface area contributed by atoms with Gasteiger partial charge in [0, 0.05) is 28.6 Å². The van der Waals surface area contributed by atoms with Gasteiger partial charge in [-0.2, -0.15) is 0 Å². The van der Waals surface area contributed by atoms with Crippen molar-refractivity contribution in [1.82, 2.24) is 10.2 Å². The highest BCUT2D eigenvalue weighted by Gasteiger charge is 2.21. The van der Waals surface area contributed by atoms with E-state index in [1.807, 2.05) is 49.4 Å². The fraction of sp³-hybridized carbons (Fsp3) is 0.292. The van der Waals surface area contributed by atoms with Gasteiger partial charge in [0.15, 0.2) is 6.29 Å². The first-order valence-corrected chi connectivity index (χ1v) is 9.95. The molecule has 3 rings (SSSR count). The van der Waals surface area contributed by atoms with Crippen LogP contribution in [-0.4, -0.2) is 37.4 Å². The highest BCUT2D eigenvalue weighted by molar-refractivity contribution is 6.18. The molecule has 0 saturated carbocycles. The molecule has 29 heavy (non-hydrogen) atoms. The number of aldehydes is 1. The predicted molar refractivity (Wildman–Crippen MR) is 123 cm³/mol. The molecule has 1 fully saturated rings. The number of anilines is 2. The predicted octanol–water partition coefficient (Wildman–Crippen LogP) is 3.64. The lowest BCUT2D eigenvalue weighted by molar-refractivity contribution is -0.103. The van der Waals surface area contributed by atoms with Gasteiger partial charge >= 0.3 is 0 Å². The highest BCUT2D eigenvalue weighted by atomic mass is 16.1. The number of carbonyl (C=O) groups is 1. The van der Waals surface area contributed by atoms with E-state index in [9.17, 15) is 4.79 Å². The molecule has 1 aliphatic rings. The third-order valence-electron chi connectivity index (χ3n) is 5.49. The van der Waals surface area contributed by atoms with E-state index in [4.69, 9.17) is 11.5 Å². The molecular weight excluding hydrogens is 360 g/mol. The molecule has 5 nitrogen and oxygen atoms in total. The first-order valence-electron chi connectivity index (χ1n) is 9.95. The molecule has 0 radical (unpaired) electrons. The third kappa shape index (κ3) is 4.87. The van der Waals surface area contributed by atoms with E-state index in [2.05, 4.69) is 23.8 Å². The average Bonchev–Trinajstić information content (AvgIpc) is 2.71. The normalized spacial score (nSPS) is 16.2. The van der Waals surface area contributed by atoms with Crippen LogP contribution >= 0.6 is 0 Å². The molecule has 152 valence electrons. The molecule has 0 atom stereocenters. The number of nitrogens with one attached hydrogen (secondary N) is 1. The Morgan fingerprint density at radius 1 is 1.10 bits per heavy atom. The summed E-state index contributed by atoms with van der Waals surface area (Å²) in [5.41, 5.74) is 18.3. The van der Waals surface area contributed by atoms with E-state index in [1.54, 1.807) is 0 Å². The molecule has 2 aromatic carbocycles. The lowest BCUT2D eigenvalue weighted by Crippen LogP contribution is -2.40. The van der Waals surface area contributed by atoms with Crippen molar-refractivity contribution in [2.45, 2.75) is 25.8 Å². The molecular formula is C24H30N4O. The van der Waals surface area contributed by atoms with E-state index < -0.39 is 0 Å². The summed E-state index contributed by atoms with van der Waals surface area (Å²) >= 11 is 0. The number of nitrogens with two attached hydrogens (primary N) is 2. The van der Waals surface area contributed by atoms with Crippen molar-refractivity contribution < 1.29 is 4.79 Å². The number of hydrogen-bond donors (Lipinski definition) is 3. The number of rotatable bonds is 6. The SMILES string of the molecule is C=C(C)c1ccc(N)c(/C(C=O)=C(/NC2CCN(C)CC2)c2ccc(N)cc2)c1. The lowest BCUT2D eigenvalue weighted by atomic mass is 9.94. The van der Waals surface area contributed by atoms with Crippen LogP contribution in [0, 0.1) is 0 Å². The molecule has 0 amide bonds. The van der Waals surface area contributed by atoms with Crippen molar-refractivity contribution in [3.63, 3.8) is 0 Å². The fourth-order valence-electron chi connectivity index (χ4n) is 3.64. The van der Waals surface area contributed by atoms with E-state index in [0.29, 0.717) is 28.6 Å². The summed E-state index contributed by atoms with van der Waals surface area (Å²) in [6, 6.07) is 13.6. The minimum Gasteiger partial charge on any atom is -0.399 e. The van der Waals surface area contributed by atoms with Gasteiger partial charge in [-0.3, -0.25) is 4.79 Å². The number of allylic oxidation sites excluding steroid dienone is 2. The molecule has 0 unspecified atom stereocenters. The zero-order valence-electron chi connectivity index (χ0n) is 17.2. The fourth-order valence-corrected chi connectivity index (χ4v) is 3.64. The van der Waals surface area contributed by atoms with Gasteiger partial charge in [0.1, 0.15) is 0 Å². The summed E-state index contributed by atoms with van der Waals surface area (Å²) in [5, 5.41) is 3.64. The second-order valence-electron chi connectivity index (χ2n) is 7.83. The number of benzene rings is 2. The minimum atomic E-state index is 0.291. The summed E-state index contributed by atoms with van der Waals surface area (Å²) in [5.74, 6) is 0. The number of hydrogen-bond acceptors (Lipinski definition) is 5. The minimum absolute atomic E-state index is 0.291. The molecule has 0 aliphatic carbocycles. The van der Waals surface area contributed by atoms with E-state index in [0.717, 1.165) is 54.6 Å². The standard InChI is InChI=1S/C24H30N4O/c1-16(2)18-6-9-23(26)21(14-18)22(15-29)24(17-4-7-19(25)8-5-17)27-20-10-12-28(3)13-11-20/h4-9,14-15,20,27H,1,10-13,25-26H2,2-3H3/b24-22+. The first kappa shape index (κ1) is 20.7. The summed E-state index contributed by atoms with van der Waals surface area (Å²) in [6.07, 6.45) is 2.92. The maximum absolute atomic E-state index is 12.3. The van der Waals surface area contributed by atoms with E-state index in [-0.39, 0.29) is 0 Å². The summed E-state index contributed by atoms with van der Waals surface area (Å²) in [4.78, 5) is 14.6. The molecule has 0 spiro atoms. The average molecular weight is 391 g/mol. The Labute approximate surface area is 173 Å². The largest absolute Gasteiger partial charge is 0.399 e. The van der Waals surface area contributed by atoms with Gasteiger partial charge in [0.2, 0.25) is 0 Å². The van der Waals surface area contributed by atoms with Gasteiger partial charge in [0.25, 0.3) is 0 Å². The molecule has 5 heteroatoms. The molecule has 5 N–H and O–H groups in total. The van der Waals surface area contributed by atoms with Crippen molar-refractivity contribution in [2.75, 3.05) is 31.6 Å². The Balaban J connectivity index is 2.12. The van der Waals surface area contributed by atoms with Crippen LogP contribution in [-0.2, 0) is 4.79 Å². The van der Waals surface area contributed by atoms with E-state index in [1.165, 1.54) is 0 Å². The third-order valence-corrected chi connectivity index (χ3v) is 5.49. The topological polar surface area (TPSA) is 84.4 Å². The van der Waals surface area contributed by atoms with Crippen molar-refractivity contribution in [3.8, 4) is 0 Å². The molecule has 1 heterocycles. The number of nitrogens with zero attached hydrogens (tertiary/aromatic N) is 1. The maximum atomic E-state index is 12.3. The smallest absolute Gasteiger partial charge is 0.152 e. The molecule has 0 bridgehead atoms. The van der Waals surface area contributed by atoms with E-state index >= 15 is 0 Å². The summed E-state index contributed by atoms with van der Waals surface area (Å²) in [7, 11) is 2.13. The van der Waals surface area contributed by atoms with Crippen LogP contribution in [0.1, 0.15) is 36.5 Å². The monoisotopic (exact) mass is 390 g/mol. The maximum Gasteiger partial charge on any atom is 0.152 e. The molecule has 1 aliphatic heterocycles. The van der Waals surface area contributed by atoms with Gasteiger partial charge in [0.05, 0.1) is 5.70 Å². The van der Waals surface area contributed by atoms with Crippen LogP contribution in [0.5, 0.6) is 0 Å². The Morgan fingerprint density at radius 3 is 2.31 bits per heavy atom. The van der Waals surface area contributed by atoms with Crippen LogP contribution in [0.25, 0.3) is 16.8 Å². The number of likely N-dealkylation sites (tertiary alicyclic amines) is 1. The summed E-state index contributed by atoms with van der Waals surface area (Å²) < 4.78 is 0. The van der Waals surface area contributed by atoms with Crippen molar-refractivity contribution in [1.29, 1.82) is 0 Å². The lowest BCUT2D eigenvalue weighted by Gasteiger charge is -2.31. The van der Waals surface area contributed by atoms with Gasteiger partial charge in [-0.1, -0.05) is 30.4 Å². The number of nitrogen functional groups attached to an aromatic ring is 2. The van der Waals surface area contributed by atoms with Crippen molar-refractivity contribution in [3.05, 3.63) is 65.7 Å². The van der Waals surface area contributed by atoms with Crippen LogP contribution in [0.2, 0.25) is 0 Å². The van der Waals surface area contributed by atoms with Gasteiger partial charge in [-0.15, -0.1) is 0 Å². The quantitative estimate of drug-likeness (QED) is 0.304. The van der Waals surface area contributed by atoms with Gasteiger partial charge in [-0.25, -0.2) is 0 Å². The number of piperidine rings is 1. The van der Waals surface area contributed by atoms with Crippen LogP contribution in [0.15, 0.2) is 49.0 Å². The zero-order chi connectivity index (χ0) is 21.0. The summed E-state index contributed by atoms with van der Waals surface area (Å²) in [6.45, 7) is 8.01. The van der Waals surface area contributed by atoms with Crippen LogP contribution in [0.3, 0.4) is 0 Å². The van der Waals surface area contributed by atoms with Crippen LogP contribution < -0.4 is 16.8 Å². The second kappa shape index (κ2) is 8.97. The Bertz CT molecular complexity index is 922. The van der Waals surface area contributed by atoms with Crippen molar-refractivity contribution in [2.24, 2.45) is 0 Å². The molecule has 1 saturated heterocycles. The highest BCUT2D eigenvalue weighted by Crippen LogP contribution is 2.31.